The van der Waals surface area contributed by atoms with Gasteiger partial charge in [-0.25, -0.2) is 0 Å². The molecule has 0 amide bonds. The quantitative estimate of drug-likeness (QED) is 0.118. The van der Waals surface area contributed by atoms with Crippen LogP contribution in [0.1, 0.15) is 0 Å². The van der Waals surface area contributed by atoms with Gasteiger partial charge in [-0.15, -0.1) is 0 Å². The minimum atomic E-state index is 1.26. The third-order valence-electron chi connectivity index (χ3n) is 13.8. The molecule has 0 spiro atoms. The van der Waals surface area contributed by atoms with Crippen LogP contribution in [-0.4, -0.2) is 0 Å². The summed E-state index contributed by atoms with van der Waals surface area (Å²) in [7, 11) is 0. The number of benzene rings is 12. The highest BCUT2D eigenvalue weighted by Crippen LogP contribution is 2.56. The minimum Gasteiger partial charge on any atom is -0.0622 e. The SMILES string of the molecule is c1ccc(-c2c3ccccc3cc3cc4c(cc23)-c2ccc3c5ccc6c7c(ccc(c8ccc-4c2c83)c57)c2cc3cccc4c5ccccc5c(c34)c26)cc1. The van der Waals surface area contributed by atoms with E-state index in [-0.39, 0.29) is 0 Å². The second-order valence-electron chi connectivity index (χ2n) is 16.2. The molecule has 14 aromatic rings. The van der Waals surface area contributed by atoms with Gasteiger partial charge in [-0.2, -0.15) is 0 Å². The van der Waals surface area contributed by atoms with Crippen molar-refractivity contribution in [3.05, 3.63) is 170 Å². The number of fused-ring (bicyclic) bond motifs is 14. The lowest BCUT2D eigenvalue weighted by Gasteiger charge is -2.16. The zero-order valence-corrected chi connectivity index (χ0v) is 30.2. The molecule has 0 heterocycles. The van der Waals surface area contributed by atoms with Gasteiger partial charge in [0.05, 0.1) is 0 Å². The Hall–Kier alpha value is -7.28. The first-order chi connectivity index (χ1) is 27.8. The zero-order chi connectivity index (χ0) is 36.0. The van der Waals surface area contributed by atoms with Gasteiger partial charge in [-0.1, -0.05) is 146 Å². The van der Waals surface area contributed by atoms with E-state index >= 15 is 0 Å². The summed E-state index contributed by atoms with van der Waals surface area (Å²) >= 11 is 0. The van der Waals surface area contributed by atoms with Crippen LogP contribution in [0.5, 0.6) is 0 Å². The van der Waals surface area contributed by atoms with Gasteiger partial charge in [0.1, 0.15) is 0 Å². The van der Waals surface area contributed by atoms with E-state index in [0.717, 1.165) is 0 Å². The average molecular weight is 701 g/mol. The van der Waals surface area contributed by atoms with E-state index in [4.69, 9.17) is 0 Å². The number of hydrogen-bond donors (Lipinski definition) is 0. The molecule has 0 unspecified atom stereocenters. The number of hydrogen-bond acceptors (Lipinski definition) is 0. The van der Waals surface area contributed by atoms with Crippen molar-refractivity contribution in [3.63, 3.8) is 0 Å². The monoisotopic (exact) mass is 700 g/mol. The molecule has 0 fully saturated rings. The van der Waals surface area contributed by atoms with Crippen molar-refractivity contribution in [2.24, 2.45) is 0 Å². The van der Waals surface area contributed by atoms with E-state index in [0.29, 0.717) is 0 Å². The predicted octanol–water partition coefficient (Wildman–Crippen LogP) is 16.0. The van der Waals surface area contributed by atoms with Crippen LogP contribution in [0.15, 0.2) is 170 Å². The molecule has 0 saturated carbocycles. The predicted molar refractivity (Wildman–Crippen MR) is 242 cm³/mol. The maximum absolute atomic E-state index is 2.49. The van der Waals surface area contributed by atoms with Crippen LogP contribution in [0.2, 0.25) is 0 Å². The van der Waals surface area contributed by atoms with Gasteiger partial charge in [0.15, 0.2) is 0 Å². The van der Waals surface area contributed by atoms with Gasteiger partial charge in [0.2, 0.25) is 0 Å². The first-order valence-electron chi connectivity index (χ1n) is 19.8. The van der Waals surface area contributed by atoms with Crippen molar-refractivity contribution < 1.29 is 0 Å². The smallest absolute Gasteiger partial charge is 0.000785 e. The van der Waals surface area contributed by atoms with Gasteiger partial charge in [-0.05, 0) is 176 Å². The lowest BCUT2D eigenvalue weighted by Crippen LogP contribution is -1.88. The lowest BCUT2D eigenvalue weighted by atomic mass is 9.87. The van der Waals surface area contributed by atoms with E-state index in [1.807, 2.05) is 0 Å². The molecule has 0 aliphatic heterocycles. The van der Waals surface area contributed by atoms with Crippen molar-refractivity contribution in [1.82, 2.24) is 0 Å². The van der Waals surface area contributed by atoms with Crippen molar-refractivity contribution in [1.29, 1.82) is 0 Å². The maximum Gasteiger partial charge on any atom is -0.000785 e. The van der Waals surface area contributed by atoms with Crippen LogP contribution in [0, 0.1) is 0 Å². The molecule has 0 atom stereocenters. The molecule has 0 aromatic heterocycles. The summed E-state index contributed by atoms with van der Waals surface area (Å²) < 4.78 is 0. The van der Waals surface area contributed by atoms with Gasteiger partial charge < -0.3 is 0 Å². The minimum absolute atomic E-state index is 1.26. The molecular weight excluding hydrogens is 673 g/mol. The van der Waals surface area contributed by atoms with Crippen LogP contribution in [-0.2, 0) is 0 Å². The van der Waals surface area contributed by atoms with Crippen LogP contribution in [0.25, 0.3) is 152 Å². The van der Waals surface area contributed by atoms with Crippen LogP contribution in [0.4, 0.5) is 0 Å². The van der Waals surface area contributed by atoms with Crippen LogP contribution in [0.3, 0.4) is 0 Å². The fraction of sp³-hybridized carbons (Fsp3) is 0. The summed E-state index contributed by atoms with van der Waals surface area (Å²) in [5.74, 6) is 0. The molecule has 1 aliphatic carbocycles. The Morgan fingerprint density at radius 2 is 0.714 bits per heavy atom. The van der Waals surface area contributed by atoms with Crippen LogP contribution < -0.4 is 0 Å². The summed E-state index contributed by atoms with van der Waals surface area (Å²) in [6, 6.07) is 64.8. The van der Waals surface area contributed by atoms with Crippen molar-refractivity contribution in [2.45, 2.75) is 0 Å². The fourth-order valence-corrected chi connectivity index (χ4v) is 11.6. The molecule has 15 rings (SSSR count). The second kappa shape index (κ2) is 9.50. The molecule has 1 aliphatic rings. The summed E-state index contributed by atoms with van der Waals surface area (Å²) in [5, 5.41) is 29.9. The van der Waals surface area contributed by atoms with Gasteiger partial charge >= 0.3 is 0 Å². The summed E-state index contributed by atoms with van der Waals surface area (Å²) in [6.45, 7) is 0. The summed E-state index contributed by atoms with van der Waals surface area (Å²) in [4.78, 5) is 0. The van der Waals surface area contributed by atoms with Gasteiger partial charge in [-0.3, -0.25) is 0 Å². The molecule has 0 radical (unpaired) electrons. The Labute approximate surface area is 320 Å². The topological polar surface area (TPSA) is 0 Å². The first kappa shape index (κ1) is 28.2. The Balaban J connectivity index is 1.06. The molecule has 0 N–H and O–H groups in total. The highest BCUT2D eigenvalue weighted by atomic mass is 14.3. The van der Waals surface area contributed by atoms with Gasteiger partial charge in [0, 0.05) is 0 Å². The third-order valence-corrected chi connectivity index (χ3v) is 13.8. The zero-order valence-electron chi connectivity index (χ0n) is 30.2. The fourth-order valence-electron chi connectivity index (χ4n) is 11.6. The highest BCUT2D eigenvalue weighted by molar-refractivity contribution is 6.49. The van der Waals surface area contributed by atoms with Crippen molar-refractivity contribution >= 4 is 118 Å². The Bertz CT molecular complexity index is 4050. The summed E-state index contributed by atoms with van der Waals surface area (Å²) in [5.41, 5.74) is 7.95. The Morgan fingerprint density at radius 1 is 0.196 bits per heavy atom. The molecule has 0 bridgehead atoms. The molecule has 56 heavy (non-hydrogen) atoms. The lowest BCUT2D eigenvalue weighted by molar-refractivity contribution is 1.67. The highest BCUT2D eigenvalue weighted by Gasteiger charge is 2.28. The standard InChI is InChI=1S/C56H28/c1-2-9-29(10-3-1)49-33-13-5-4-11-30(33)25-32-27-46-41-20-17-37-39-19-22-43-48-26-31-12-8-16-35-34-14-6-7-15-36(34)56(50(31)35)55(48)44-24-23-40(52(39)54(43)44)38-18-21-42(53(41)51(37)38)47(46)28-45(32)49/h1-28H. The molecule has 14 aromatic carbocycles. The molecule has 0 saturated heterocycles. The maximum atomic E-state index is 2.49. The molecular formula is C56H28. The Morgan fingerprint density at radius 3 is 1.50 bits per heavy atom. The molecule has 0 nitrogen and oxygen atoms in total. The van der Waals surface area contributed by atoms with E-state index in [1.54, 1.807) is 0 Å². The normalized spacial score (nSPS) is 13.0. The van der Waals surface area contributed by atoms with E-state index in [2.05, 4.69) is 170 Å². The van der Waals surface area contributed by atoms with Crippen molar-refractivity contribution in [2.75, 3.05) is 0 Å². The summed E-state index contributed by atoms with van der Waals surface area (Å²) in [6.07, 6.45) is 0. The van der Waals surface area contributed by atoms with E-state index in [9.17, 15) is 0 Å². The average Bonchev–Trinajstić information content (AvgIpc) is 3.88. The van der Waals surface area contributed by atoms with Crippen molar-refractivity contribution in [3.8, 4) is 33.4 Å². The molecule has 252 valence electrons. The molecule has 0 heteroatoms. The first-order valence-corrected chi connectivity index (χ1v) is 19.8. The largest absolute Gasteiger partial charge is 0.0622 e. The Kier molecular flexibility index (Phi) is 4.78. The van der Waals surface area contributed by atoms with E-state index < -0.39 is 0 Å². The van der Waals surface area contributed by atoms with Crippen LogP contribution >= 0.6 is 0 Å². The van der Waals surface area contributed by atoms with E-state index in [1.165, 1.54) is 152 Å². The second-order valence-corrected chi connectivity index (χ2v) is 16.2. The van der Waals surface area contributed by atoms with Gasteiger partial charge in [0.25, 0.3) is 0 Å². The third kappa shape index (κ3) is 3.13. The number of rotatable bonds is 1.